The Morgan fingerprint density at radius 1 is 1.24 bits per heavy atom. The summed E-state index contributed by atoms with van der Waals surface area (Å²) < 4.78 is 4.65. The van der Waals surface area contributed by atoms with Crippen LogP contribution in [-0.2, 0) is 14.3 Å². The van der Waals surface area contributed by atoms with Gasteiger partial charge in [0.1, 0.15) is 5.25 Å². The van der Waals surface area contributed by atoms with E-state index in [0.29, 0.717) is 27.1 Å². The molecule has 3 rings (SSSR count). The summed E-state index contributed by atoms with van der Waals surface area (Å²) in [6, 6.07) is 13.3. The Balaban J connectivity index is 1.73. The Kier molecular flexibility index (Phi) is 6.56. The number of methoxy groups -OCH3 is 1. The number of hydrogen-bond donors (Lipinski definition) is 1. The number of thioether (sulfide) groups is 1. The van der Waals surface area contributed by atoms with Gasteiger partial charge in [-0.05, 0) is 42.5 Å². The fourth-order valence-corrected chi connectivity index (χ4v) is 3.83. The van der Waals surface area contributed by atoms with Gasteiger partial charge in [-0.3, -0.25) is 14.5 Å². The van der Waals surface area contributed by atoms with E-state index >= 15 is 0 Å². The third kappa shape index (κ3) is 5.16. The van der Waals surface area contributed by atoms with Crippen LogP contribution in [0.2, 0.25) is 5.02 Å². The topological polar surface area (TPSA) is 88.1 Å². The molecule has 150 valence electrons. The molecule has 29 heavy (non-hydrogen) atoms. The van der Waals surface area contributed by atoms with Crippen molar-refractivity contribution in [2.24, 2.45) is 4.99 Å². The molecule has 0 bridgehead atoms. The molecule has 1 heterocycles. The first-order chi connectivity index (χ1) is 13.9. The van der Waals surface area contributed by atoms with Gasteiger partial charge in [-0.1, -0.05) is 29.4 Å². The third-order valence-corrected chi connectivity index (χ3v) is 5.64. The van der Waals surface area contributed by atoms with E-state index in [0.717, 1.165) is 0 Å². The van der Waals surface area contributed by atoms with Crippen molar-refractivity contribution in [1.82, 2.24) is 4.90 Å². The zero-order valence-electron chi connectivity index (χ0n) is 15.7. The van der Waals surface area contributed by atoms with Gasteiger partial charge in [-0.25, -0.2) is 9.79 Å². The largest absolute Gasteiger partial charge is 0.465 e. The molecule has 0 aliphatic carbocycles. The second kappa shape index (κ2) is 9.11. The molecule has 2 amide bonds. The van der Waals surface area contributed by atoms with E-state index in [9.17, 15) is 14.4 Å². The molecule has 2 aromatic rings. The molecule has 0 saturated carbocycles. The van der Waals surface area contributed by atoms with Crippen LogP contribution < -0.4 is 5.32 Å². The zero-order valence-corrected chi connectivity index (χ0v) is 17.3. The van der Waals surface area contributed by atoms with Crippen LogP contribution >= 0.6 is 23.4 Å². The molecule has 0 spiro atoms. The first-order valence-electron chi connectivity index (χ1n) is 8.64. The SMILES string of the molecule is COC(=O)c1ccc(NC(=O)C2CC(=O)N(C)C(=Nc3cccc(Cl)c3)S2)cc1. The number of halogens is 1. The highest BCUT2D eigenvalue weighted by Gasteiger charge is 2.34. The number of benzene rings is 2. The lowest BCUT2D eigenvalue weighted by molar-refractivity contribution is -0.128. The fourth-order valence-electron chi connectivity index (χ4n) is 2.58. The molecule has 1 fully saturated rings. The highest BCUT2D eigenvalue weighted by Crippen LogP contribution is 2.29. The van der Waals surface area contributed by atoms with Crippen LogP contribution in [0.5, 0.6) is 0 Å². The normalized spacial score (nSPS) is 17.9. The Hall–Kier alpha value is -2.84. The van der Waals surface area contributed by atoms with Crippen molar-refractivity contribution in [2.45, 2.75) is 11.7 Å². The Morgan fingerprint density at radius 2 is 1.97 bits per heavy atom. The maximum absolute atomic E-state index is 12.7. The zero-order chi connectivity index (χ0) is 21.0. The van der Waals surface area contributed by atoms with Gasteiger partial charge in [0.15, 0.2) is 5.17 Å². The molecule has 7 nitrogen and oxygen atoms in total. The van der Waals surface area contributed by atoms with Crippen LogP contribution in [0, 0.1) is 0 Å². The number of rotatable bonds is 4. The van der Waals surface area contributed by atoms with E-state index in [1.165, 1.54) is 23.8 Å². The summed E-state index contributed by atoms with van der Waals surface area (Å²) in [4.78, 5) is 42.4. The molecule has 0 radical (unpaired) electrons. The molecule has 1 N–H and O–H groups in total. The Bertz CT molecular complexity index is 978. The van der Waals surface area contributed by atoms with E-state index in [1.54, 1.807) is 55.6 Å². The lowest BCUT2D eigenvalue weighted by atomic mass is 10.2. The summed E-state index contributed by atoms with van der Waals surface area (Å²) in [5, 5.41) is 3.09. The first-order valence-corrected chi connectivity index (χ1v) is 9.90. The summed E-state index contributed by atoms with van der Waals surface area (Å²) >= 11 is 7.20. The van der Waals surface area contributed by atoms with Crippen molar-refractivity contribution in [2.75, 3.05) is 19.5 Å². The number of esters is 1. The number of carbonyl (C=O) groups excluding carboxylic acids is 3. The number of carbonyl (C=O) groups is 3. The summed E-state index contributed by atoms with van der Waals surface area (Å²) in [5.41, 5.74) is 1.49. The van der Waals surface area contributed by atoms with E-state index in [2.05, 4.69) is 15.0 Å². The van der Waals surface area contributed by atoms with Crippen molar-refractivity contribution in [1.29, 1.82) is 0 Å². The first kappa shape index (κ1) is 20.9. The van der Waals surface area contributed by atoms with E-state index in [-0.39, 0.29) is 18.2 Å². The number of hydrogen-bond acceptors (Lipinski definition) is 6. The highest BCUT2D eigenvalue weighted by atomic mass is 35.5. The summed E-state index contributed by atoms with van der Waals surface area (Å²) in [5.74, 6) is -0.979. The Labute approximate surface area is 177 Å². The second-order valence-corrected chi connectivity index (χ2v) is 7.80. The summed E-state index contributed by atoms with van der Waals surface area (Å²) in [7, 11) is 2.92. The summed E-state index contributed by atoms with van der Waals surface area (Å²) in [6.07, 6.45) is 0.0574. The van der Waals surface area contributed by atoms with Crippen molar-refractivity contribution >= 4 is 57.7 Å². The molecule has 9 heteroatoms. The lowest BCUT2D eigenvalue weighted by Crippen LogP contribution is -2.43. The molecule has 0 aromatic heterocycles. The van der Waals surface area contributed by atoms with Gasteiger partial charge in [-0.2, -0.15) is 0 Å². The molecule has 1 saturated heterocycles. The molecular weight excluding hydrogens is 414 g/mol. The van der Waals surface area contributed by atoms with Crippen molar-refractivity contribution in [3.05, 3.63) is 59.1 Å². The Morgan fingerprint density at radius 3 is 2.62 bits per heavy atom. The predicted octanol–water partition coefficient (Wildman–Crippen LogP) is 3.72. The smallest absolute Gasteiger partial charge is 0.337 e. The van der Waals surface area contributed by atoms with Crippen molar-refractivity contribution in [3.8, 4) is 0 Å². The van der Waals surface area contributed by atoms with Crippen LogP contribution in [0.1, 0.15) is 16.8 Å². The van der Waals surface area contributed by atoms with E-state index in [4.69, 9.17) is 11.6 Å². The van der Waals surface area contributed by atoms with Gasteiger partial charge in [-0.15, -0.1) is 0 Å². The third-order valence-electron chi connectivity index (χ3n) is 4.17. The minimum atomic E-state index is -0.628. The van der Waals surface area contributed by atoms with Crippen molar-refractivity contribution < 1.29 is 19.1 Å². The van der Waals surface area contributed by atoms with Crippen LogP contribution in [0.15, 0.2) is 53.5 Å². The van der Waals surface area contributed by atoms with Gasteiger partial charge >= 0.3 is 5.97 Å². The lowest BCUT2D eigenvalue weighted by Gasteiger charge is -2.28. The fraction of sp³-hybridized carbons (Fsp3) is 0.200. The van der Waals surface area contributed by atoms with Crippen LogP contribution in [-0.4, -0.2) is 47.3 Å². The van der Waals surface area contributed by atoms with Crippen LogP contribution in [0.25, 0.3) is 0 Å². The van der Waals surface area contributed by atoms with E-state index in [1.807, 2.05) is 0 Å². The van der Waals surface area contributed by atoms with Gasteiger partial charge in [0.05, 0.1) is 18.4 Å². The number of amidine groups is 1. The van der Waals surface area contributed by atoms with Crippen LogP contribution in [0.3, 0.4) is 0 Å². The van der Waals surface area contributed by atoms with Gasteiger partial charge < -0.3 is 10.1 Å². The average Bonchev–Trinajstić information content (AvgIpc) is 2.71. The molecular formula is C20H18ClN3O4S. The number of nitrogens with one attached hydrogen (secondary N) is 1. The summed E-state index contributed by atoms with van der Waals surface area (Å²) in [6.45, 7) is 0. The van der Waals surface area contributed by atoms with Crippen molar-refractivity contribution in [3.63, 3.8) is 0 Å². The van der Waals surface area contributed by atoms with Gasteiger partial charge in [0.2, 0.25) is 11.8 Å². The van der Waals surface area contributed by atoms with Gasteiger partial charge in [0, 0.05) is 24.2 Å². The monoisotopic (exact) mass is 431 g/mol. The predicted molar refractivity (Wildman–Crippen MR) is 114 cm³/mol. The van der Waals surface area contributed by atoms with E-state index < -0.39 is 11.2 Å². The molecule has 1 aliphatic rings. The highest BCUT2D eigenvalue weighted by molar-refractivity contribution is 8.15. The molecule has 1 unspecified atom stereocenters. The number of amides is 2. The average molecular weight is 432 g/mol. The standard InChI is InChI=1S/C20H18ClN3O4S/c1-24-17(25)11-16(29-20(24)23-15-5-3-4-13(21)10-15)18(26)22-14-8-6-12(7-9-14)19(27)28-2/h3-10,16H,11H2,1-2H3,(H,22,26). The minimum absolute atomic E-state index is 0.0574. The molecule has 2 aromatic carbocycles. The maximum Gasteiger partial charge on any atom is 0.337 e. The second-order valence-electron chi connectivity index (χ2n) is 6.20. The molecule has 1 atom stereocenters. The minimum Gasteiger partial charge on any atom is -0.465 e. The van der Waals surface area contributed by atoms with Crippen LogP contribution in [0.4, 0.5) is 11.4 Å². The number of anilines is 1. The quantitative estimate of drug-likeness (QED) is 0.745. The number of ether oxygens (including phenoxy) is 1. The number of aliphatic imine (C=N–C) groups is 1. The number of nitrogens with zero attached hydrogens (tertiary/aromatic N) is 2. The molecule has 1 aliphatic heterocycles. The maximum atomic E-state index is 12.7. The van der Waals surface area contributed by atoms with Gasteiger partial charge in [0.25, 0.3) is 0 Å².